The van der Waals surface area contributed by atoms with Crippen molar-refractivity contribution in [2.24, 2.45) is 5.92 Å². The van der Waals surface area contributed by atoms with Crippen molar-refractivity contribution in [3.8, 4) is 5.75 Å². The first-order valence-electron chi connectivity index (χ1n) is 9.59. The third-order valence-corrected chi connectivity index (χ3v) is 5.39. The largest absolute Gasteiger partial charge is 0.497 e. The molecule has 1 aromatic carbocycles. The van der Waals surface area contributed by atoms with E-state index in [9.17, 15) is 4.79 Å². The number of amides is 1. The van der Waals surface area contributed by atoms with E-state index in [0.29, 0.717) is 6.54 Å². The van der Waals surface area contributed by atoms with Gasteiger partial charge in [-0.3, -0.25) is 9.78 Å². The number of hydrogen-bond acceptors (Lipinski definition) is 5. The molecule has 27 heavy (non-hydrogen) atoms. The van der Waals surface area contributed by atoms with E-state index in [-0.39, 0.29) is 17.9 Å². The van der Waals surface area contributed by atoms with Crippen molar-refractivity contribution in [2.75, 3.05) is 31.6 Å². The zero-order valence-electron chi connectivity index (χ0n) is 16.3. The van der Waals surface area contributed by atoms with Crippen molar-refractivity contribution in [2.45, 2.75) is 32.7 Å². The molecular weight excluding hydrogens is 340 g/mol. The van der Waals surface area contributed by atoms with Crippen LogP contribution in [0.1, 0.15) is 38.3 Å². The highest BCUT2D eigenvalue weighted by Gasteiger charge is 2.31. The van der Waals surface area contributed by atoms with Gasteiger partial charge in [-0.25, -0.2) is 4.98 Å². The maximum Gasteiger partial charge on any atom is 0.226 e. The van der Waals surface area contributed by atoms with Gasteiger partial charge in [0, 0.05) is 37.9 Å². The molecule has 1 saturated heterocycles. The van der Waals surface area contributed by atoms with Crippen LogP contribution in [0, 0.1) is 5.92 Å². The average molecular weight is 368 g/mol. The van der Waals surface area contributed by atoms with Crippen LogP contribution in [0.3, 0.4) is 0 Å². The summed E-state index contributed by atoms with van der Waals surface area (Å²) in [4.78, 5) is 25.9. The molecule has 1 aliphatic heterocycles. The van der Waals surface area contributed by atoms with Crippen molar-refractivity contribution in [1.29, 1.82) is 0 Å². The Morgan fingerprint density at radius 3 is 2.74 bits per heavy atom. The van der Waals surface area contributed by atoms with Crippen LogP contribution in [0.2, 0.25) is 0 Å². The van der Waals surface area contributed by atoms with E-state index in [4.69, 9.17) is 4.74 Å². The average Bonchev–Trinajstić information content (AvgIpc) is 2.75. The molecule has 2 heterocycles. The van der Waals surface area contributed by atoms with Gasteiger partial charge in [0.1, 0.15) is 11.6 Å². The van der Waals surface area contributed by atoms with E-state index in [2.05, 4.69) is 27.9 Å². The highest BCUT2D eigenvalue weighted by atomic mass is 16.5. The van der Waals surface area contributed by atoms with E-state index in [0.717, 1.165) is 43.1 Å². The molecule has 0 bridgehead atoms. The van der Waals surface area contributed by atoms with Crippen molar-refractivity contribution in [3.05, 3.63) is 48.4 Å². The van der Waals surface area contributed by atoms with E-state index in [1.165, 1.54) is 0 Å². The van der Waals surface area contributed by atoms with Crippen LogP contribution in [-0.4, -0.2) is 47.5 Å². The molecule has 6 heteroatoms. The van der Waals surface area contributed by atoms with Gasteiger partial charge in [0.2, 0.25) is 5.91 Å². The number of nitrogens with zero attached hydrogens (tertiary/aromatic N) is 4. The van der Waals surface area contributed by atoms with Gasteiger partial charge in [0.15, 0.2) is 0 Å². The fourth-order valence-corrected chi connectivity index (χ4v) is 3.75. The first-order valence-corrected chi connectivity index (χ1v) is 9.59. The van der Waals surface area contributed by atoms with Crippen LogP contribution in [0.5, 0.6) is 5.75 Å². The number of benzene rings is 1. The Morgan fingerprint density at radius 2 is 2.11 bits per heavy atom. The molecule has 1 unspecified atom stereocenters. The van der Waals surface area contributed by atoms with E-state index in [1.807, 2.05) is 30.0 Å². The number of aromatic nitrogens is 2. The minimum Gasteiger partial charge on any atom is -0.497 e. The topological polar surface area (TPSA) is 58.6 Å². The Morgan fingerprint density at radius 1 is 1.33 bits per heavy atom. The summed E-state index contributed by atoms with van der Waals surface area (Å²) in [7, 11) is 1.66. The maximum atomic E-state index is 13.2. The fourth-order valence-electron chi connectivity index (χ4n) is 3.75. The fraction of sp³-hybridized carbons (Fsp3) is 0.476. The second-order valence-corrected chi connectivity index (χ2v) is 6.90. The molecule has 6 nitrogen and oxygen atoms in total. The second-order valence-electron chi connectivity index (χ2n) is 6.90. The second kappa shape index (κ2) is 8.84. The monoisotopic (exact) mass is 368 g/mol. The minimum absolute atomic E-state index is 0.0237. The molecule has 144 valence electrons. The number of rotatable bonds is 6. The van der Waals surface area contributed by atoms with Crippen molar-refractivity contribution < 1.29 is 9.53 Å². The smallest absolute Gasteiger partial charge is 0.226 e. The van der Waals surface area contributed by atoms with Gasteiger partial charge in [0.05, 0.1) is 19.3 Å². The van der Waals surface area contributed by atoms with Gasteiger partial charge in [-0.2, -0.15) is 0 Å². The molecule has 0 aliphatic carbocycles. The van der Waals surface area contributed by atoms with Gasteiger partial charge in [-0.1, -0.05) is 12.1 Å². The predicted molar refractivity (Wildman–Crippen MR) is 106 cm³/mol. The summed E-state index contributed by atoms with van der Waals surface area (Å²) in [6, 6.07) is 7.99. The Balaban J connectivity index is 1.65. The van der Waals surface area contributed by atoms with E-state index < -0.39 is 0 Å². The summed E-state index contributed by atoms with van der Waals surface area (Å²) in [6.45, 7) is 6.50. The lowest BCUT2D eigenvalue weighted by atomic mass is 9.94. The number of anilines is 1. The normalized spacial score (nSPS) is 16.0. The quantitative estimate of drug-likeness (QED) is 0.783. The first-order chi connectivity index (χ1) is 13.1. The lowest BCUT2D eigenvalue weighted by Gasteiger charge is -2.36. The SMILES string of the molecule is CCN(C(=O)C1CCN(c2cnccn2)CC1)C(C)c1cccc(OC)c1. The zero-order chi connectivity index (χ0) is 19.2. The lowest BCUT2D eigenvalue weighted by Crippen LogP contribution is -2.43. The van der Waals surface area contributed by atoms with Crippen LogP contribution in [-0.2, 0) is 4.79 Å². The molecule has 0 saturated carbocycles. The molecule has 0 spiro atoms. The molecular formula is C21H28N4O2. The third-order valence-electron chi connectivity index (χ3n) is 5.39. The van der Waals surface area contributed by atoms with Gasteiger partial charge in [-0.05, 0) is 44.4 Å². The first kappa shape index (κ1) is 19.1. The molecule has 3 rings (SSSR count). The Labute approximate surface area is 161 Å². The van der Waals surface area contributed by atoms with Crippen molar-refractivity contribution in [1.82, 2.24) is 14.9 Å². The summed E-state index contributed by atoms with van der Waals surface area (Å²) < 4.78 is 5.33. The molecule has 1 fully saturated rings. The predicted octanol–water partition coefficient (Wildman–Crippen LogP) is 3.31. The zero-order valence-corrected chi connectivity index (χ0v) is 16.3. The van der Waals surface area contributed by atoms with E-state index >= 15 is 0 Å². The highest BCUT2D eigenvalue weighted by Crippen LogP contribution is 2.28. The van der Waals surface area contributed by atoms with Crippen LogP contribution < -0.4 is 9.64 Å². The van der Waals surface area contributed by atoms with E-state index in [1.54, 1.807) is 25.7 Å². The maximum absolute atomic E-state index is 13.2. The number of ether oxygens (including phenoxy) is 1. The summed E-state index contributed by atoms with van der Waals surface area (Å²) in [6.07, 6.45) is 6.86. The van der Waals surface area contributed by atoms with Gasteiger partial charge in [0.25, 0.3) is 0 Å². The standard InChI is InChI=1S/C21H28N4O2/c1-4-25(16(2)18-6-5-7-19(14-18)27-3)21(26)17-8-12-24(13-9-17)20-15-22-10-11-23-20/h5-7,10-11,14-17H,4,8-9,12-13H2,1-3H3. The van der Waals surface area contributed by atoms with Gasteiger partial charge >= 0.3 is 0 Å². The minimum atomic E-state index is 0.0237. The number of carbonyl (C=O) groups is 1. The number of hydrogen-bond donors (Lipinski definition) is 0. The third kappa shape index (κ3) is 4.38. The van der Waals surface area contributed by atoms with Gasteiger partial charge < -0.3 is 14.5 Å². The lowest BCUT2D eigenvalue weighted by molar-refractivity contribution is -0.138. The summed E-state index contributed by atoms with van der Waals surface area (Å²) in [5.41, 5.74) is 1.10. The molecule has 1 amide bonds. The molecule has 1 aliphatic rings. The number of piperidine rings is 1. The van der Waals surface area contributed by atoms with Crippen molar-refractivity contribution >= 4 is 11.7 Å². The Kier molecular flexibility index (Phi) is 6.27. The molecule has 1 atom stereocenters. The Hall–Kier alpha value is -2.63. The van der Waals surface area contributed by atoms with Gasteiger partial charge in [-0.15, -0.1) is 0 Å². The molecule has 0 radical (unpaired) electrons. The summed E-state index contributed by atoms with van der Waals surface area (Å²) in [5, 5.41) is 0. The molecule has 2 aromatic rings. The molecule has 1 aromatic heterocycles. The number of methoxy groups -OCH3 is 1. The highest BCUT2D eigenvalue weighted by molar-refractivity contribution is 5.79. The van der Waals surface area contributed by atoms with Crippen LogP contribution in [0.15, 0.2) is 42.9 Å². The summed E-state index contributed by atoms with van der Waals surface area (Å²) in [5.74, 6) is 2.01. The van der Waals surface area contributed by atoms with Crippen LogP contribution in [0.4, 0.5) is 5.82 Å². The van der Waals surface area contributed by atoms with Crippen LogP contribution in [0.25, 0.3) is 0 Å². The van der Waals surface area contributed by atoms with Crippen LogP contribution >= 0.6 is 0 Å². The number of carbonyl (C=O) groups excluding carboxylic acids is 1. The summed E-state index contributed by atoms with van der Waals surface area (Å²) >= 11 is 0. The molecule has 0 N–H and O–H groups in total. The Bertz CT molecular complexity index is 745. The van der Waals surface area contributed by atoms with Crippen molar-refractivity contribution in [3.63, 3.8) is 0 Å².